The Morgan fingerprint density at radius 3 is 2.41 bits per heavy atom. The predicted octanol–water partition coefficient (Wildman–Crippen LogP) is 2.89. The van der Waals surface area contributed by atoms with Crippen LogP contribution in [0.25, 0.3) is 0 Å². The molecule has 0 aromatic heterocycles. The monoisotopic (exact) mass is 319 g/mol. The smallest absolute Gasteiger partial charge is 0.339 e. The summed E-state index contributed by atoms with van der Waals surface area (Å²) in [4.78, 5) is 11.9. The van der Waals surface area contributed by atoms with Crippen molar-refractivity contribution < 1.29 is 17.9 Å². The van der Waals surface area contributed by atoms with Crippen molar-refractivity contribution in [1.29, 1.82) is 0 Å². The summed E-state index contributed by atoms with van der Waals surface area (Å²) < 4.78 is 32.2. The minimum atomic E-state index is -3.78. The van der Waals surface area contributed by atoms with Crippen LogP contribution < -0.4 is 4.72 Å². The molecule has 0 aliphatic heterocycles. The Balaban J connectivity index is 2.44. The van der Waals surface area contributed by atoms with E-state index in [1.165, 1.54) is 19.2 Å². The molecule has 0 heterocycles. The van der Waals surface area contributed by atoms with Crippen molar-refractivity contribution in [2.45, 2.75) is 18.7 Å². The first-order valence-electron chi connectivity index (χ1n) is 6.62. The summed E-state index contributed by atoms with van der Waals surface area (Å²) in [6.45, 7) is 3.62. The summed E-state index contributed by atoms with van der Waals surface area (Å²) in [5, 5.41) is 0. The zero-order valence-corrected chi connectivity index (χ0v) is 13.4. The Hall–Kier alpha value is -2.34. The molecule has 2 aromatic carbocycles. The van der Waals surface area contributed by atoms with Crippen molar-refractivity contribution in [3.8, 4) is 0 Å². The number of sulfonamides is 1. The standard InChI is InChI=1S/C16H17NO4S/c1-11-8-9-15(12(2)10-11)22(19,20)17-14-7-5-4-6-13(14)16(18)21-3/h4-10,17H,1-3H3. The molecule has 0 saturated carbocycles. The quantitative estimate of drug-likeness (QED) is 0.880. The van der Waals surface area contributed by atoms with E-state index in [2.05, 4.69) is 9.46 Å². The Kier molecular flexibility index (Phi) is 4.51. The van der Waals surface area contributed by atoms with Gasteiger partial charge in [0.1, 0.15) is 0 Å². The average Bonchev–Trinajstić information content (AvgIpc) is 2.46. The van der Waals surface area contributed by atoms with E-state index in [-0.39, 0.29) is 16.1 Å². The van der Waals surface area contributed by atoms with E-state index >= 15 is 0 Å². The summed E-state index contributed by atoms with van der Waals surface area (Å²) in [5.74, 6) is -0.598. The number of para-hydroxylation sites is 1. The number of ether oxygens (including phenoxy) is 1. The molecule has 22 heavy (non-hydrogen) atoms. The van der Waals surface area contributed by atoms with Gasteiger partial charge in [0.2, 0.25) is 0 Å². The van der Waals surface area contributed by atoms with Crippen molar-refractivity contribution in [2.24, 2.45) is 0 Å². The van der Waals surface area contributed by atoms with Crippen LogP contribution in [-0.2, 0) is 14.8 Å². The first kappa shape index (κ1) is 16.0. The minimum absolute atomic E-state index is 0.165. The molecule has 2 aromatic rings. The largest absolute Gasteiger partial charge is 0.465 e. The fourth-order valence-corrected chi connectivity index (χ4v) is 3.47. The molecule has 0 saturated heterocycles. The van der Waals surface area contributed by atoms with E-state index in [1.54, 1.807) is 37.3 Å². The van der Waals surface area contributed by atoms with Crippen LogP contribution in [0.5, 0.6) is 0 Å². The van der Waals surface area contributed by atoms with Gasteiger partial charge in [-0.3, -0.25) is 4.72 Å². The van der Waals surface area contributed by atoms with Crippen LogP contribution in [0.2, 0.25) is 0 Å². The van der Waals surface area contributed by atoms with Gasteiger partial charge in [-0.15, -0.1) is 0 Å². The molecule has 0 bridgehead atoms. The number of aryl methyl sites for hydroxylation is 2. The highest BCUT2D eigenvalue weighted by atomic mass is 32.2. The maximum absolute atomic E-state index is 12.5. The lowest BCUT2D eigenvalue weighted by Crippen LogP contribution is -2.17. The van der Waals surface area contributed by atoms with E-state index < -0.39 is 16.0 Å². The summed E-state index contributed by atoms with van der Waals surface area (Å²) >= 11 is 0. The molecule has 116 valence electrons. The molecule has 0 atom stereocenters. The van der Waals surface area contributed by atoms with Crippen LogP contribution >= 0.6 is 0 Å². The molecule has 6 heteroatoms. The number of carbonyl (C=O) groups excluding carboxylic acids is 1. The van der Waals surface area contributed by atoms with Gasteiger partial charge in [-0.1, -0.05) is 29.8 Å². The molecule has 0 unspecified atom stereocenters. The number of hydrogen-bond acceptors (Lipinski definition) is 4. The summed E-state index contributed by atoms with van der Waals surface area (Å²) in [7, 11) is -2.54. The highest BCUT2D eigenvalue weighted by Crippen LogP contribution is 2.23. The third-order valence-electron chi connectivity index (χ3n) is 3.20. The van der Waals surface area contributed by atoms with Crippen molar-refractivity contribution in [1.82, 2.24) is 0 Å². The van der Waals surface area contributed by atoms with Crippen molar-refractivity contribution in [2.75, 3.05) is 11.8 Å². The maximum atomic E-state index is 12.5. The number of nitrogens with one attached hydrogen (secondary N) is 1. The number of rotatable bonds is 4. The van der Waals surface area contributed by atoms with Crippen LogP contribution in [0, 0.1) is 13.8 Å². The van der Waals surface area contributed by atoms with E-state index in [0.717, 1.165) is 5.56 Å². The lowest BCUT2D eigenvalue weighted by atomic mass is 10.2. The molecule has 0 fully saturated rings. The molecular formula is C16H17NO4S. The van der Waals surface area contributed by atoms with Gasteiger partial charge in [0.15, 0.2) is 0 Å². The van der Waals surface area contributed by atoms with Gasteiger partial charge in [-0.05, 0) is 37.6 Å². The van der Waals surface area contributed by atoms with E-state index in [9.17, 15) is 13.2 Å². The van der Waals surface area contributed by atoms with Gasteiger partial charge in [0, 0.05) is 0 Å². The number of anilines is 1. The highest BCUT2D eigenvalue weighted by Gasteiger charge is 2.20. The third-order valence-corrected chi connectivity index (χ3v) is 4.72. The molecular weight excluding hydrogens is 302 g/mol. The molecule has 2 rings (SSSR count). The van der Waals surface area contributed by atoms with Crippen molar-refractivity contribution in [3.63, 3.8) is 0 Å². The molecule has 0 amide bonds. The van der Waals surface area contributed by atoms with E-state index in [4.69, 9.17) is 0 Å². The summed E-state index contributed by atoms with van der Waals surface area (Å²) in [6.07, 6.45) is 0. The summed E-state index contributed by atoms with van der Waals surface area (Å²) in [5.41, 5.74) is 1.97. The Morgan fingerprint density at radius 2 is 1.77 bits per heavy atom. The maximum Gasteiger partial charge on any atom is 0.339 e. The zero-order valence-electron chi connectivity index (χ0n) is 12.6. The van der Waals surface area contributed by atoms with Crippen LogP contribution in [-0.4, -0.2) is 21.5 Å². The molecule has 0 aliphatic rings. The second-order valence-corrected chi connectivity index (χ2v) is 6.56. The fraction of sp³-hybridized carbons (Fsp3) is 0.188. The predicted molar refractivity (Wildman–Crippen MR) is 84.5 cm³/mol. The van der Waals surface area contributed by atoms with Gasteiger partial charge >= 0.3 is 5.97 Å². The van der Waals surface area contributed by atoms with Gasteiger partial charge in [0.05, 0.1) is 23.3 Å². The molecule has 0 aliphatic carbocycles. The van der Waals surface area contributed by atoms with Crippen LogP contribution in [0.4, 0.5) is 5.69 Å². The Bertz CT molecular complexity index is 813. The Labute approximate surface area is 130 Å². The second kappa shape index (κ2) is 6.19. The summed E-state index contributed by atoms with van der Waals surface area (Å²) in [6, 6.07) is 11.4. The third kappa shape index (κ3) is 3.28. The SMILES string of the molecule is COC(=O)c1ccccc1NS(=O)(=O)c1ccc(C)cc1C. The van der Waals surface area contributed by atoms with Crippen molar-refractivity contribution in [3.05, 3.63) is 59.2 Å². The lowest BCUT2D eigenvalue weighted by molar-refractivity contribution is 0.0602. The lowest BCUT2D eigenvalue weighted by Gasteiger charge is -2.13. The fourth-order valence-electron chi connectivity index (χ4n) is 2.16. The number of carbonyl (C=O) groups is 1. The van der Waals surface area contributed by atoms with E-state index in [0.29, 0.717) is 5.56 Å². The number of benzene rings is 2. The van der Waals surface area contributed by atoms with Gasteiger partial charge in [-0.2, -0.15) is 0 Å². The van der Waals surface area contributed by atoms with Crippen LogP contribution in [0.15, 0.2) is 47.4 Å². The molecule has 0 spiro atoms. The van der Waals surface area contributed by atoms with Gasteiger partial charge < -0.3 is 4.74 Å². The number of methoxy groups -OCH3 is 1. The normalized spacial score (nSPS) is 11.0. The topological polar surface area (TPSA) is 72.5 Å². The van der Waals surface area contributed by atoms with Crippen molar-refractivity contribution >= 4 is 21.7 Å². The molecule has 5 nitrogen and oxygen atoms in total. The first-order chi connectivity index (χ1) is 10.3. The first-order valence-corrected chi connectivity index (χ1v) is 8.11. The average molecular weight is 319 g/mol. The highest BCUT2D eigenvalue weighted by molar-refractivity contribution is 7.92. The number of esters is 1. The molecule has 1 N–H and O–H groups in total. The zero-order chi connectivity index (χ0) is 16.3. The van der Waals surface area contributed by atoms with Gasteiger partial charge in [0.25, 0.3) is 10.0 Å². The Morgan fingerprint density at radius 1 is 1.09 bits per heavy atom. The second-order valence-electron chi connectivity index (χ2n) is 4.91. The van der Waals surface area contributed by atoms with Crippen LogP contribution in [0.1, 0.15) is 21.5 Å². The number of hydrogen-bond donors (Lipinski definition) is 1. The van der Waals surface area contributed by atoms with E-state index in [1.807, 2.05) is 6.92 Å². The minimum Gasteiger partial charge on any atom is -0.465 e. The molecule has 0 radical (unpaired) electrons. The van der Waals surface area contributed by atoms with Crippen LogP contribution in [0.3, 0.4) is 0 Å². The van der Waals surface area contributed by atoms with Gasteiger partial charge in [-0.25, -0.2) is 13.2 Å².